The van der Waals surface area contributed by atoms with Crippen LogP contribution in [0.1, 0.15) is 0 Å². The van der Waals surface area contributed by atoms with Gasteiger partial charge >= 0.3 is 0 Å². The van der Waals surface area contributed by atoms with Crippen LogP contribution in [0.4, 0.5) is 11.4 Å². The molecule has 1 aromatic heterocycles. The maximum absolute atomic E-state index is 7.36. The SMILES string of the molecule is [C-]#[N+]c1ccc(-c2cc(-c3ccc([N+]#[C-])cc3)cc(-c3ccc(-c4cc5ccc6cccc7c6c5c(c4)n7-c4ccccc4)cc3)c2)cc1. The highest BCUT2D eigenvalue weighted by Gasteiger charge is 2.18. The van der Waals surface area contributed by atoms with Gasteiger partial charge in [-0.15, -0.1) is 0 Å². The molecule has 0 bridgehead atoms. The highest BCUT2D eigenvalue weighted by Crippen LogP contribution is 2.42. The fourth-order valence-electron chi connectivity index (χ4n) is 7.15. The first-order valence-electron chi connectivity index (χ1n) is 16.2. The van der Waals surface area contributed by atoms with E-state index in [0.717, 1.165) is 44.6 Å². The topological polar surface area (TPSA) is 13.7 Å². The molecule has 1 heterocycles. The molecule has 8 aromatic carbocycles. The Balaban J connectivity index is 1.17. The van der Waals surface area contributed by atoms with Gasteiger partial charge in [-0.05, 0) is 104 Å². The van der Waals surface area contributed by atoms with Gasteiger partial charge in [0.05, 0.1) is 24.2 Å². The molecule has 49 heavy (non-hydrogen) atoms. The van der Waals surface area contributed by atoms with E-state index < -0.39 is 0 Å². The molecule has 0 saturated carbocycles. The molecular formula is C46H27N3. The Kier molecular flexibility index (Phi) is 6.58. The Morgan fingerprint density at radius 2 is 0.816 bits per heavy atom. The standard InChI is InChI=1S/C46H27N3/c1-47-40-21-17-32(18-22-40)37-26-36(27-38(28-37)33-19-23-41(48-2)24-20-33)30-11-13-31(14-12-30)39-25-35-16-15-34-7-6-10-43-45(34)46(35)44(29-39)49(43)42-8-4-3-5-9-42/h3-29H. The zero-order valence-corrected chi connectivity index (χ0v) is 26.4. The number of rotatable bonds is 5. The quantitative estimate of drug-likeness (QED) is 0.134. The summed E-state index contributed by atoms with van der Waals surface area (Å²) in [5.74, 6) is 0. The fraction of sp³-hybridized carbons (Fsp3) is 0. The first-order chi connectivity index (χ1) is 24.2. The first kappa shape index (κ1) is 28.3. The van der Waals surface area contributed by atoms with Crippen LogP contribution in [0.25, 0.3) is 92.5 Å². The summed E-state index contributed by atoms with van der Waals surface area (Å²) in [6.45, 7) is 14.7. The Bertz CT molecular complexity index is 2660. The van der Waals surface area contributed by atoms with E-state index in [9.17, 15) is 0 Å². The van der Waals surface area contributed by atoms with Crippen molar-refractivity contribution in [3.8, 4) is 50.2 Å². The molecule has 226 valence electrons. The van der Waals surface area contributed by atoms with Gasteiger partial charge in [-0.1, -0.05) is 115 Å². The predicted molar refractivity (Wildman–Crippen MR) is 204 cm³/mol. The van der Waals surface area contributed by atoms with Crippen molar-refractivity contribution in [2.24, 2.45) is 0 Å². The van der Waals surface area contributed by atoms with E-state index in [0.29, 0.717) is 11.4 Å². The van der Waals surface area contributed by atoms with E-state index in [4.69, 9.17) is 13.1 Å². The van der Waals surface area contributed by atoms with Crippen LogP contribution in [0.2, 0.25) is 0 Å². The van der Waals surface area contributed by atoms with Gasteiger partial charge in [-0.25, -0.2) is 9.69 Å². The first-order valence-corrected chi connectivity index (χ1v) is 16.2. The number of hydrogen-bond donors (Lipinski definition) is 0. The summed E-state index contributed by atoms with van der Waals surface area (Å²) in [5.41, 5.74) is 13.6. The smallest absolute Gasteiger partial charge is 0.187 e. The Morgan fingerprint density at radius 1 is 0.347 bits per heavy atom. The molecule has 0 saturated heterocycles. The van der Waals surface area contributed by atoms with Crippen molar-refractivity contribution in [3.63, 3.8) is 0 Å². The van der Waals surface area contributed by atoms with Crippen LogP contribution < -0.4 is 0 Å². The van der Waals surface area contributed by atoms with Gasteiger partial charge in [-0.3, -0.25) is 0 Å². The summed E-state index contributed by atoms with van der Waals surface area (Å²) in [6.07, 6.45) is 0. The van der Waals surface area contributed by atoms with Gasteiger partial charge in [0.25, 0.3) is 0 Å². The summed E-state index contributed by atoms with van der Waals surface area (Å²) >= 11 is 0. The molecule has 3 heteroatoms. The second-order valence-electron chi connectivity index (χ2n) is 12.4. The van der Waals surface area contributed by atoms with Crippen LogP contribution in [0.3, 0.4) is 0 Å². The zero-order chi connectivity index (χ0) is 32.9. The lowest BCUT2D eigenvalue weighted by atomic mass is 9.92. The van der Waals surface area contributed by atoms with E-state index >= 15 is 0 Å². The number of aromatic nitrogens is 1. The van der Waals surface area contributed by atoms with Crippen molar-refractivity contribution in [2.45, 2.75) is 0 Å². The maximum Gasteiger partial charge on any atom is 0.187 e. The molecule has 3 nitrogen and oxygen atoms in total. The molecule has 9 rings (SSSR count). The van der Waals surface area contributed by atoms with Gasteiger partial charge in [0, 0.05) is 16.5 Å². The van der Waals surface area contributed by atoms with Crippen molar-refractivity contribution in [3.05, 3.63) is 187 Å². The zero-order valence-electron chi connectivity index (χ0n) is 26.4. The Morgan fingerprint density at radius 3 is 1.35 bits per heavy atom. The molecule has 0 aliphatic heterocycles. The van der Waals surface area contributed by atoms with Gasteiger partial charge in [0.1, 0.15) is 0 Å². The minimum absolute atomic E-state index is 0.623. The molecule has 0 fully saturated rings. The molecule has 0 unspecified atom stereocenters. The summed E-state index contributed by atoms with van der Waals surface area (Å²) in [5, 5.41) is 5.10. The van der Waals surface area contributed by atoms with Gasteiger partial charge in [0.15, 0.2) is 11.4 Å². The van der Waals surface area contributed by atoms with E-state index in [2.05, 4.69) is 130 Å². The summed E-state index contributed by atoms with van der Waals surface area (Å²) in [6, 6.07) is 57.3. The lowest BCUT2D eigenvalue weighted by Gasteiger charge is -2.13. The summed E-state index contributed by atoms with van der Waals surface area (Å²) in [4.78, 5) is 7.13. The van der Waals surface area contributed by atoms with Crippen molar-refractivity contribution >= 4 is 44.0 Å². The average Bonchev–Trinajstić information content (AvgIpc) is 3.52. The lowest BCUT2D eigenvalue weighted by molar-refractivity contribution is 1.18. The van der Waals surface area contributed by atoms with E-state index in [1.807, 2.05) is 48.5 Å². The second kappa shape index (κ2) is 11.4. The van der Waals surface area contributed by atoms with E-state index in [1.165, 1.54) is 38.1 Å². The normalized spacial score (nSPS) is 11.2. The molecule has 9 aromatic rings. The maximum atomic E-state index is 7.36. The third-order valence-electron chi connectivity index (χ3n) is 9.56. The van der Waals surface area contributed by atoms with Crippen LogP contribution in [0, 0.1) is 13.1 Å². The summed E-state index contributed by atoms with van der Waals surface area (Å²) < 4.78 is 2.39. The van der Waals surface area contributed by atoms with Crippen LogP contribution in [0.5, 0.6) is 0 Å². The third-order valence-corrected chi connectivity index (χ3v) is 9.56. The van der Waals surface area contributed by atoms with Gasteiger partial charge in [-0.2, -0.15) is 0 Å². The number of nitrogens with zero attached hydrogens (tertiary/aromatic N) is 3. The number of hydrogen-bond acceptors (Lipinski definition) is 0. The van der Waals surface area contributed by atoms with Crippen LogP contribution in [-0.4, -0.2) is 4.57 Å². The average molecular weight is 622 g/mol. The van der Waals surface area contributed by atoms with Crippen molar-refractivity contribution in [1.82, 2.24) is 4.57 Å². The van der Waals surface area contributed by atoms with Gasteiger partial charge in [0.2, 0.25) is 0 Å². The van der Waals surface area contributed by atoms with Crippen molar-refractivity contribution in [1.29, 1.82) is 0 Å². The largest absolute Gasteiger partial charge is 0.309 e. The number of benzene rings is 8. The molecule has 0 radical (unpaired) electrons. The van der Waals surface area contributed by atoms with Crippen molar-refractivity contribution in [2.75, 3.05) is 0 Å². The molecule has 0 atom stereocenters. The Labute approximate surface area is 284 Å². The van der Waals surface area contributed by atoms with Crippen LogP contribution in [-0.2, 0) is 0 Å². The molecule has 0 N–H and O–H groups in total. The van der Waals surface area contributed by atoms with Crippen molar-refractivity contribution < 1.29 is 0 Å². The highest BCUT2D eigenvalue weighted by atomic mass is 15.0. The molecule has 0 aliphatic carbocycles. The predicted octanol–water partition coefficient (Wildman–Crippen LogP) is 13.1. The monoisotopic (exact) mass is 621 g/mol. The molecule has 0 aliphatic rings. The summed E-state index contributed by atoms with van der Waals surface area (Å²) in [7, 11) is 0. The van der Waals surface area contributed by atoms with Crippen LogP contribution in [0.15, 0.2) is 164 Å². The highest BCUT2D eigenvalue weighted by molar-refractivity contribution is 6.25. The third kappa shape index (κ3) is 4.82. The fourth-order valence-corrected chi connectivity index (χ4v) is 7.15. The second-order valence-corrected chi connectivity index (χ2v) is 12.4. The van der Waals surface area contributed by atoms with Crippen LogP contribution >= 0.6 is 0 Å². The van der Waals surface area contributed by atoms with E-state index in [1.54, 1.807) is 0 Å². The lowest BCUT2D eigenvalue weighted by Crippen LogP contribution is -1.93. The minimum Gasteiger partial charge on any atom is -0.309 e. The molecule has 0 amide bonds. The molecular weight excluding hydrogens is 595 g/mol. The molecule has 0 spiro atoms. The number of para-hydroxylation sites is 1. The Hall–Kier alpha value is -6.94. The van der Waals surface area contributed by atoms with Gasteiger partial charge < -0.3 is 4.57 Å². The minimum atomic E-state index is 0.623. The van der Waals surface area contributed by atoms with E-state index in [-0.39, 0.29) is 0 Å².